The molecule has 0 saturated carbocycles. The zero-order valence-electron chi connectivity index (χ0n) is 9.11. The Balaban J connectivity index is 1.75. The van der Waals surface area contributed by atoms with Crippen LogP contribution >= 0.6 is 0 Å². The number of nitrogens with two attached hydrogens (primary N) is 1. The van der Waals surface area contributed by atoms with E-state index in [0.29, 0.717) is 0 Å². The van der Waals surface area contributed by atoms with Gasteiger partial charge in [-0.3, -0.25) is 4.90 Å². The van der Waals surface area contributed by atoms with Gasteiger partial charge in [-0.1, -0.05) is 6.07 Å². The molecular formula is C13H15N3. The van der Waals surface area contributed by atoms with Crippen molar-refractivity contribution >= 4 is 5.69 Å². The van der Waals surface area contributed by atoms with Crippen LogP contribution in [-0.4, -0.2) is 9.88 Å². The first-order valence-electron chi connectivity index (χ1n) is 5.53. The number of anilines is 1. The number of hydrogen-bond acceptors (Lipinski definition) is 2. The Kier molecular flexibility index (Phi) is 2.18. The molecule has 1 aromatic carbocycles. The molecule has 2 aromatic rings. The van der Waals surface area contributed by atoms with Crippen LogP contribution in [0.4, 0.5) is 5.69 Å². The Morgan fingerprint density at radius 2 is 2.06 bits per heavy atom. The molecule has 0 bridgehead atoms. The first-order chi connectivity index (χ1) is 7.81. The summed E-state index contributed by atoms with van der Waals surface area (Å²) in [4.78, 5) is 5.65. The lowest BCUT2D eigenvalue weighted by Gasteiger charge is -2.12. The number of benzene rings is 1. The normalized spacial score (nSPS) is 15.2. The standard InChI is InChI=1S/C13H15N3/c14-12-4-3-10-7-16(8-11(10)6-12)9-13-2-1-5-15-13/h1-6,15H,7-9,14H2. The summed E-state index contributed by atoms with van der Waals surface area (Å²) in [7, 11) is 0. The van der Waals surface area contributed by atoms with Gasteiger partial charge < -0.3 is 10.7 Å². The van der Waals surface area contributed by atoms with Gasteiger partial charge in [-0.15, -0.1) is 0 Å². The van der Waals surface area contributed by atoms with Gasteiger partial charge in [0.1, 0.15) is 0 Å². The van der Waals surface area contributed by atoms with Crippen LogP contribution in [0.3, 0.4) is 0 Å². The van der Waals surface area contributed by atoms with Crippen LogP contribution in [0.25, 0.3) is 0 Å². The van der Waals surface area contributed by atoms with E-state index in [1.165, 1.54) is 16.8 Å². The molecule has 1 aromatic heterocycles. The molecule has 3 nitrogen and oxygen atoms in total. The number of hydrogen-bond donors (Lipinski definition) is 2. The fourth-order valence-corrected chi connectivity index (χ4v) is 2.30. The second kappa shape index (κ2) is 3.68. The summed E-state index contributed by atoms with van der Waals surface area (Å²) < 4.78 is 0. The average Bonchev–Trinajstić information content (AvgIpc) is 2.86. The lowest BCUT2D eigenvalue weighted by Crippen LogP contribution is -2.15. The Morgan fingerprint density at radius 3 is 2.88 bits per heavy atom. The minimum atomic E-state index is 0.862. The molecule has 0 saturated heterocycles. The van der Waals surface area contributed by atoms with Gasteiger partial charge in [0, 0.05) is 37.2 Å². The van der Waals surface area contributed by atoms with Gasteiger partial charge in [0.05, 0.1) is 0 Å². The van der Waals surface area contributed by atoms with Crippen molar-refractivity contribution in [1.82, 2.24) is 9.88 Å². The molecule has 0 amide bonds. The summed E-state index contributed by atoms with van der Waals surface area (Å²) in [6.07, 6.45) is 1.97. The Hall–Kier alpha value is -1.74. The molecule has 1 aliphatic heterocycles. The van der Waals surface area contributed by atoms with E-state index in [1.807, 2.05) is 18.3 Å². The third-order valence-electron chi connectivity index (χ3n) is 3.07. The van der Waals surface area contributed by atoms with E-state index < -0.39 is 0 Å². The first kappa shape index (κ1) is 9.48. The van der Waals surface area contributed by atoms with Crippen molar-refractivity contribution in [1.29, 1.82) is 0 Å². The van der Waals surface area contributed by atoms with Gasteiger partial charge in [0.15, 0.2) is 0 Å². The van der Waals surface area contributed by atoms with E-state index in [2.05, 4.69) is 28.1 Å². The summed E-state index contributed by atoms with van der Waals surface area (Å²) >= 11 is 0. The summed E-state index contributed by atoms with van der Waals surface area (Å²) in [5, 5.41) is 0. The minimum Gasteiger partial charge on any atom is -0.399 e. The number of H-pyrrole nitrogens is 1. The molecule has 3 N–H and O–H groups in total. The van der Waals surface area contributed by atoms with Crippen LogP contribution in [0.5, 0.6) is 0 Å². The van der Waals surface area contributed by atoms with Gasteiger partial charge in [-0.2, -0.15) is 0 Å². The maximum Gasteiger partial charge on any atom is 0.0392 e. The molecule has 3 rings (SSSR count). The van der Waals surface area contributed by atoms with E-state index in [0.717, 1.165) is 25.3 Å². The molecule has 16 heavy (non-hydrogen) atoms. The van der Waals surface area contributed by atoms with Gasteiger partial charge >= 0.3 is 0 Å². The van der Waals surface area contributed by atoms with Crippen molar-refractivity contribution in [2.75, 3.05) is 5.73 Å². The minimum absolute atomic E-state index is 0.862. The highest BCUT2D eigenvalue weighted by Gasteiger charge is 2.18. The number of nitrogens with one attached hydrogen (secondary N) is 1. The highest BCUT2D eigenvalue weighted by Crippen LogP contribution is 2.25. The second-order valence-corrected chi connectivity index (χ2v) is 4.37. The molecule has 0 unspecified atom stereocenters. The van der Waals surface area contributed by atoms with Crippen LogP contribution in [-0.2, 0) is 19.6 Å². The topological polar surface area (TPSA) is 45.0 Å². The van der Waals surface area contributed by atoms with Crippen molar-refractivity contribution < 1.29 is 0 Å². The van der Waals surface area contributed by atoms with Crippen molar-refractivity contribution in [2.45, 2.75) is 19.6 Å². The van der Waals surface area contributed by atoms with Crippen molar-refractivity contribution in [3.05, 3.63) is 53.3 Å². The summed E-state index contributed by atoms with van der Waals surface area (Å²) in [5.41, 5.74) is 10.7. The number of aromatic nitrogens is 1. The summed E-state index contributed by atoms with van der Waals surface area (Å²) in [6.45, 7) is 3.00. The molecule has 3 heteroatoms. The lowest BCUT2D eigenvalue weighted by molar-refractivity contribution is 0.272. The second-order valence-electron chi connectivity index (χ2n) is 4.37. The van der Waals surface area contributed by atoms with Gasteiger partial charge in [0.25, 0.3) is 0 Å². The van der Waals surface area contributed by atoms with E-state index in [9.17, 15) is 0 Å². The van der Waals surface area contributed by atoms with E-state index in [4.69, 9.17) is 5.73 Å². The van der Waals surface area contributed by atoms with Crippen LogP contribution in [0, 0.1) is 0 Å². The zero-order chi connectivity index (χ0) is 11.0. The molecule has 1 aliphatic rings. The smallest absolute Gasteiger partial charge is 0.0392 e. The number of nitrogens with zero attached hydrogens (tertiary/aromatic N) is 1. The van der Waals surface area contributed by atoms with Crippen LogP contribution in [0.1, 0.15) is 16.8 Å². The summed E-state index contributed by atoms with van der Waals surface area (Å²) in [6, 6.07) is 10.4. The van der Waals surface area contributed by atoms with Crippen LogP contribution in [0.15, 0.2) is 36.5 Å². The van der Waals surface area contributed by atoms with Gasteiger partial charge in [-0.05, 0) is 35.4 Å². The summed E-state index contributed by atoms with van der Waals surface area (Å²) in [5.74, 6) is 0. The number of aromatic amines is 1. The largest absolute Gasteiger partial charge is 0.399 e. The maximum atomic E-state index is 5.79. The van der Waals surface area contributed by atoms with E-state index >= 15 is 0 Å². The average molecular weight is 213 g/mol. The fraction of sp³-hybridized carbons (Fsp3) is 0.231. The molecule has 82 valence electrons. The van der Waals surface area contributed by atoms with Crippen LogP contribution in [0.2, 0.25) is 0 Å². The fourth-order valence-electron chi connectivity index (χ4n) is 2.30. The highest BCUT2D eigenvalue weighted by molar-refractivity contribution is 5.46. The first-order valence-corrected chi connectivity index (χ1v) is 5.53. The Morgan fingerprint density at radius 1 is 1.19 bits per heavy atom. The monoisotopic (exact) mass is 213 g/mol. The van der Waals surface area contributed by atoms with E-state index in [1.54, 1.807) is 0 Å². The van der Waals surface area contributed by atoms with Gasteiger partial charge in [-0.25, -0.2) is 0 Å². The molecule has 0 aliphatic carbocycles. The Labute approximate surface area is 94.9 Å². The SMILES string of the molecule is Nc1ccc2c(c1)CN(Cc1ccc[nH]1)C2. The third-order valence-corrected chi connectivity index (χ3v) is 3.07. The molecule has 0 atom stereocenters. The van der Waals surface area contributed by atoms with E-state index in [-0.39, 0.29) is 0 Å². The highest BCUT2D eigenvalue weighted by atomic mass is 15.1. The predicted octanol–water partition coefficient (Wildman–Crippen LogP) is 2.11. The molecule has 2 heterocycles. The van der Waals surface area contributed by atoms with Gasteiger partial charge in [0.2, 0.25) is 0 Å². The number of nitrogen functional groups attached to an aromatic ring is 1. The Bertz CT molecular complexity index is 488. The van der Waals surface area contributed by atoms with Crippen LogP contribution < -0.4 is 5.73 Å². The number of rotatable bonds is 2. The predicted molar refractivity (Wildman–Crippen MR) is 64.6 cm³/mol. The zero-order valence-corrected chi connectivity index (χ0v) is 9.11. The maximum absolute atomic E-state index is 5.79. The quantitative estimate of drug-likeness (QED) is 0.750. The molecule has 0 spiro atoms. The number of fused-ring (bicyclic) bond motifs is 1. The third kappa shape index (κ3) is 1.70. The lowest BCUT2D eigenvalue weighted by atomic mass is 10.1. The molecule has 0 radical (unpaired) electrons. The van der Waals surface area contributed by atoms with Crippen molar-refractivity contribution in [3.8, 4) is 0 Å². The van der Waals surface area contributed by atoms with Crippen molar-refractivity contribution in [2.24, 2.45) is 0 Å². The molecular weight excluding hydrogens is 198 g/mol. The van der Waals surface area contributed by atoms with Crippen molar-refractivity contribution in [3.63, 3.8) is 0 Å². The molecule has 0 fully saturated rings.